The summed E-state index contributed by atoms with van der Waals surface area (Å²) in [5, 5.41) is 2.92. The lowest BCUT2D eigenvalue weighted by Crippen LogP contribution is -2.19. The molecule has 1 heterocycles. The summed E-state index contributed by atoms with van der Waals surface area (Å²) in [4.78, 5) is 14.6. The second-order valence-corrected chi connectivity index (χ2v) is 7.09. The third kappa shape index (κ3) is 5.11. The third-order valence-corrected chi connectivity index (χ3v) is 3.96. The summed E-state index contributed by atoms with van der Waals surface area (Å²) in [6.07, 6.45) is 1.92. The molecule has 6 heteroatoms. The van der Waals surface area contributed by atoms with Crippen LogP contribution in [0.15, 0.2) is 41.0 Å². The molecule has 0 aliphatic carbocycles. The van der Waals surface area contributed by atoms with Gasteiger partial charge in [0.15, 0.2) is 0 Å². The standard InChI is InChI=1S/C18H24BrN3O2/c1-13(2)22-12-14(19)11-17(22)18(23)20-15-5-7-16(8-6-15)24-10-9-21(3)4/h5-8,11-13H,9-10H2,1-4H3,(H,20,23). The lowest BCUT2D eigenvalue weighted by Gasteiger charge is -2.13. The van der Waals surface area contributed by atoms with Crippen molar-refractivity contribution >= 4 is 27.5 Å². The number of hydrogen-bond acceptors (Lipinski definition) is 3. The number of ether oxygens (including phenoxy) is 1. The Balaban J connectivity index is 1.99. The van der Waals surface area contributed by atoms with E-state index in [1.165, 1.54) is 0 Å². The SMILES string of the molecule is CC(C)n1cc(Br)cc1C(=O)Nc1ccc(OCCN(C)C)cc1. The Hall–Kier alpha value is -1.79. The quantitative estimate of drug-likeness (QED) is 0.772. The van der Waals surface area contributed by atoms with E-state index in [1.54, 1.807) is 0 Å². The van der Waals surface area contributed by atoms with Crippen LogP contribution in [0.2, 0.25) is 0 Å². The maximum Gasteiger partial charge on any atom is 0.272 e. The minimum absolute atomic E-state index is 0.129. The number of carbonyl (C=O) groups is 1. The molecule has 24 heavy (non-hydrogen) atoms. The van der Waals surface area contributed by atoms with Gasteiger partial charge >= 0.3 is 0 Å². The molecule has 0 bridgehead atoms. The summed E-state index contributed by atoms with van der Waals surface area (Å²) in [6, 6.07) is 9.46. The fourth-order valence-electron chi connectivity index (χ4n) is 2.23. The molecule has 0 atom stereocenters. The molecule has 1 aromatic heterocycles. The van der Waals surface area contributed by atoms with E-state index in [9.17, 15) is 4.79 Å². The van der Waals surface area contributed by atoms with Crippen LogP contribution in [0.4, 0.5) is 5.69 Å². The molecule has 0 aliphatic heterocycles. The first-order valence-corrected chi connectivity index (χ1v) is 8.72. The molecule has 130 valence electrons. The van der Waals surface area contributed by atoms with E-state index in [0.29, 0.717) is 12.3 Å². The van der Waals surface area contributed by atoms with Crippen LogP contribution >= 0.6 is 15.9 Å². The zero-order chi connectivity index (χ0) is 17.7. The second kappa shape index (κ2) is 8.35. The Morgan fingerprint density at radius 2 is 1.96 bits per heavy atom. The van der Waals surface area contributed by atoms with Gasteiger partial charge < -0.3 is 19.5 Å². The largest absolute Gasteiger partial charge is 0.492 e. The Morgan fingerprint density at radius 3 is 2.54 bits per heavy atom. The summed E-state index contributed by atoms with van der Waals surface area (Å²) in [5.41, 5.74) is 1.37. The van der Waals surface area contributed by atoms with Crippen LogP contribution < -0.4 is 10.1 Å². The highest BCUT2D eigenvalue weighted by molar-refractivity contribution is 9.10. The molecule has 5 nitrogen and oxygen atoms in total. The van der Waals surface area contributed by atoms with E-state index in [1.807, 2.05) is 69.0 Å². The number of nitrogens with one attached hydrogen (secondary N) is 1. The number of amides is 1. The highest BCUT2D eigenvalue weighted by Gasteiger charge is 2.15. The van der Waals surface area contributed by atoms with Gasteiger partial charge in [-0.15, -0.1) is 0 Å². The van der Waals surface area contributed by atoms with Gasteiger partial charge in [0.05, 0.1) is 0 Å². The number of anilines is 1. The van der Waals surface area contributed by atoms with Gasteiger partial charge in [-0.05, 0) is 74.2 Å². The van der Waals surface area contributed by atoms with Crippen molar-refractivity contribution in [2.45, 2.75) is 19.9 Å². The third-order valence-electron chi connectivity index (χ3n) is 3.52. The molecule has 2 aromatic rings. The second-order valence-electron chi connectivity index (χ2n) is 6.17. The molecule has 0 radical (unpaired) electrons. The number of hydrogen-bond donors (Lipinski definition) is 1. The Bertz CT molecular complexity index is 678. The molecule has 0 saturated heterocycles. The molecule has 0 spiro atoms. The molecular formula is C18H24BrN3O2. The Morgan fingerprint density at radius 1 is 1.29 bits per heavy atom. The van der Waals surface area contributed by atoms with Gasteiger partial charge in [0, 0.05) is 28.9 Å². The van der Waals surface area contributed by atoms with Gasteiger partial charge in [-0.2, -0.15) is 0 Å². The van der Waals surface area contributed by atoms with Crippen molar-refractivity contribution in [1.82, 2.24) is 9.47 Å². The Kier molecular flexibility index (Phi) is 6.45. The van der Waals surface area contributed by atoms with E-state index in [-0.39, 0.29) is 11.9 Å². The topological polar surface area (TPSA) is 46.5 Å². The average Bonchev–Trinajstić information content (AvgIpc) is 2.91. The lowest BCUT2D eigenvalue weighted by molar-refractivity contribution is 0.101. The number of benzene rings is 1. The van der Waals surface area contributed by atoms with E-state index < -0.39 is 0 Å². The van der Waals surface area contributed by atoms with Gasteiger partial charge in [-0.3, -0.25) is 4.79 Å². The van der Waals surface area contributed by atoms with Crippen molar-refractivity contribution in [3.05, 3.63) is 46.7 Å². The van der Waals surface area contributed by atoms with Crippen LogP contribution in [-0.2, 0) is 0 Å². The first kappa shape index (κ1) is 18.5. The van der Waals surface area contributed by atoms with E-state index in [2.05, 4.69) is 26.1 Å². The average molecular weight is 394 g/mol. The van der Waals surface area contributed by atoms with Crippen LogP contribution in [-0.4, -0.2) is 42.6 Å². The molecule has 1 aromatic carbocycles. The van der Waals surface area contributed by atoms with Crippen molar-refractivity contribution in [1.29, 1.82) is 0 Å². The smallest absolute Gasteiger partial charge is 0.272 e. The highest BCUT2D eigenvalue weighted by atomic mass is 79.9. The first-order chi connectivity index (χ1) is 11.4. The zero-order valence-corrected chi connectivity index (χ0v) is 16.1. The summed E-state index contributed by atoms with van der Waals surface area (Å²) >= 11 is 3.43. The summed E-state index contributed by atoms with van der Waals surface area (Å²) in [5.74, 6) is 0.666. The van der Waals surface area contributed by atoms with Gasteiger partial charge in [0.25, 0.3) is 5.91 Å². The number of halogens is 1. The van der Waals surface area contributed by atoms with Crippen molar-refractivity contribution < 1.29 is 9.53 Å². The van der Waals surface area contributed by atoms with Gasteiger partial charge in [-0.25, -0.2) is 0 Å². The zero-order valence-electron chi connectivity index (χ0n) is 14.5. The van der Waals surface area contributed by atoms with Crippen molar-refractivity contribution in [3.8, 4) is 5.75 Å². The predicted molar refractivity (Wildman–Crippen MR) is 101 cm³/mol. The normalized spacial score (nSPS) is 11.1. The monoisotopic (exact) mass is 393 g/mol. The first-order valence-electron chi connectivity index (χ1n) is 7.93. The van der Waals surface area contributed by atoms with Crippen LogP contribution in [0.3, 0.4) is 0 Å². The van der Waals surface area contributed by atoms with Crippen LogP contribution in [0.25, 0.3) is 0 Å². The van der Waals surface area contributed by atoms with Crippen molar-refractivity contribution in [3.63, 3.8) is 0 Å². The summed E-state index contributed by atoms with van der Waals surface area (Å²) < 4.78 is 8.49. The van der Waals surface area contributed by atoms with Gasteiger partial charge in [0.1, 0.15) is 18.1 Å². The van der Waals surface area contributed by atoms with Crippen LogP contribution in [0, 0.1) is 0 Å². The van der Waals surface area contributed by atoms with Crippen LogP contribution in [0.5, 0.6) is 5.75 Å². The van der Waals surface area contributed by atoms with E-state index >= 15 is 0 Å². The van der Waals surface area contributed by atoms with Gasteiger partial charge in [-0.1, -0.05) is 0 Å². The number of nitrogens with zero attached hydrogens (tertiary/aromatic N) is 2. The van der Waals surface area contributed by atoms with Gasteiger partial charge in [0.2, 0.25) is 0 Å². The maximum atomic E-state index is 12.5. The maximum absolute atomic E-state index is 12.5. The Labute approximate surface area is 151 Å². The number of aromatic nitrogens is 1. The predicted octanol–water partition coefficient (Wildman–Crippen LogP) is 4.02. The number of rotatable bonds is 7. The van der Waals surface area contributed by atoms with Crippen molar-refractivity contribution in [2.75, 3.05) is 32.6 Å². The molecule has 2 rings (SSSR count). The van der Waals surface area contributed by atoms with Crippen molar-refractivity contribution in [2.24, 2.45) is 0 Å². The highest BCUT2D eigenvalue weighted by Crippen LogP contribution is 2.21. The molecule has 0 unspecified atom stereocenters. The molecule has 1 amide bonds. The minimum atomic E-state index is -0.129. The fraction of sp³-hybridized carbons (Fsp3) is 0.389. The molecule has 0 aliphatic rings. The molecule has 0 fully saturated rings. The number of likely N-dealkylation sites (N-methyl/N-ethyl adjacent to an activating group) is 1. The van der Waals surface area contributed by atoms with E-state index in [0.717, 1.165) is 22.5 Å². The molecule has 0 saturated carbocycles. The lowest BCUT2D eigenvalue weighted by atomic mass is 10.3. The minimum Gasteiger partial charge on any atom is -0.492 e. The molecule has 1 N–H and O–H groups in total. The fourth-order valence-corrected chi connectivity index (χ4v) is 2.67. The van der Waals surface area contributed by atoms with E-state index in [4.69, 9.17) is 4.74 Å². The number of carbonyl (C=O) groups excluding carboxylic acids is 1. The molecular weight excluding hydrogens is 370 g/mol. The summed E-state index contributed by atoms with van der Waals surface area (Å²) in [6.45, 7) is 5.58. The summed E-state index contributed by atoms with van der Waals surface area (Å²) in [7, 11) is 4.01. The van der Waals surface area contributed by atoms with Crippen LogP contribution in [0.1, 0.15) is 30.4 Å².